The third-order valence-corrected chi connectivity index (χ3v) is 6.67. The maximum Gasteiger partial charge on any atom is 0.341 e. The highest BCUT2D eigenvalue weighted by molar-refractivity contribution is 7.92. The van der Waals surface area contributed by atoms with E-state index >= 15 is 0 Å². The molecule has 0 radical (unpaired) electrons. The zero-order valence-electron chi connectivity index (χ0n) is 13.8. The zero-order chi connectivity index (χ0) is 18.7. The molecule has 0 unspecified atom stereocenters. The number of alkyl halides is 2. The maximum atomic E-state index is 12.8. The van der Waals surface area contributed by atoms with Crippen LogP contribution in [-0.2, 0) is 9.84 Å². The second-order valence-electron chi connectivity index (χ2n) is 5.97. The first kappa shape index (κ1) is 18.8. The number of nitrogens with zero attached hydrogens (tertiary/aromatic N) is 1. The van der Waals surface area contributed by atoms with Gasteiger partial charge in [-0.05, 0) is 48.9 Å². The average Bonchev–Trinajstić information content (AvgIpc) is 3.13. The molecule has 140 valence electrons. The quantitative estimate of drug-likeness (QED) is 0.824. The van der Waals surface area contributed by atoms with Crippen molar-refractivity contribution in [3.8, 4) is 0 Å². The third-order valence-electron chi connectivity index (χ3n) is 4.20. The molecule has 1 aliphatic rings. The van der Waals surface area contributed by atoms with Crippen LogP contribution in [0.3, 0.4) is 0 Å². The molecule has 1 amide bonds. The van der Waals surface area contributed by atoms with Crippen molar-refractivity contribution in [2.45, 2.75) is 29.9 Å². The van der Waals surface area contributed by atoms with Crippen molar-refractivity contribution in [2.75, 3.05) is 23.3 Å². The van der Waals surface area contributed by atoms with Crippen LogP contribution in [0.1, 0.15) is 28.9 Å². The smallest absolute Gasteiger partial charge is 0.341 e. The number of benzene rings is 1. The van der Waals surface area contributed by atoms with Crippen LogP contribution in [0.15, 0.2) is 40.6 Å². The Balaban J connectivity index is 1.80. The van der Waals surface area contributed by atoms with Gasteiger partial charge in [-0.2, -0.15) is 8.78 Å². The van der Waals surface area contributed by atoms with Crippen molar-refractivity contribution < 1.29 is 22.0 Å². The number of sulfone groups is 1. The average molecular weight is 400 g/mol. The van der Waals surface area contributed by atoms with Crippen LogP contribution in [0.25, 0.3) is 0 Å². The van der Waals surface area contributed by atoms with E-state index in [1.807, 2.05) is 6.07 Å². The number of anilines is 2. The zero-order valence-corrected chi connectivity index (χ0v) is 15.5. The van der Waals surface area contributed by atoms with Crippen LogP contribution < -0.4 is 10.2 Å². The highest BCUT2D eigenvalue weighted by atomic mass is 32.2. The number of amides is 1. The summed E-state index contributed by atoms with van der Waals surface area (Å²) in [6, 6.07) is 8.26. The van der Waals surface area contributed by atoms with Crippen LogP contribution >= 0.6 is 11.3 Å². The van der Waals surface area contributed by atoms with Gasteiger partial charge in [0.15, 0.2) is 0 Å². The van der Waals surface area contributed by atoms with E-state index in [2.05, 4.69) is 10.2 Å². The summed E-state index contributed by atoms with van der Waals surface area (Å²) in [6.07, 6.45) is 3.42. The minimum absolute atomic E-state index is 0.242. The first-order valence-electron chi connectivity index (χ1n) is 8.15. The molecule has 1 N–H and O–H groups in total. The molecule has 0 atom stereocenters. The van der Waals surface area contributed by atoms with E-state index in [1.54, 1.807) is 18.2 Å². The van der Waals surface area contributed by atoms with E-state index in [0.29, 0.717) is 5.69 Å². The van der Waals surface area contributed by atoms with Gasteiger partial charge in [0.2, 0.25) is 9.84 Å². The number of hydrogen-bond acceptors (Lipinski definition) is 5. The van der Waals surface area contributed by atoms with Crippen LogP contribution in [-0.4, -0.2) is 33.2 Å². The SMILES string of the molecule is O=C(Nc1cccc(N2CCCCC2)c1)c1sccc1S(=O)(=O)C(F)F. The molecule has 0 bridgehead atoms. The van der Waals surface area contributed by atoms with Gasteiger partial charge in [0.25, 0.3) is 5.91 Å². The van der Waals surface area contributed by atoms with Gasteiger partial charge >= 0.3 is 5.76 Å². The maximum absolute atomic E-state index is 12.8. The minimum atomic E-state index is -4.82. The molecule has 0 aliphatic carbocycles. The molecule has 1 aromatic heterocycles. The minimum Gasteiger partial charge on any atom is -0.371 e. The van der Waals surface area contributed by atoms with Crippen molar-refractivity contribution in [3.05, 3.63) is 40.6 Å². The normalized spacial score (nSPS) is 15.3. The van der Waals surface area contributed by atoms with Crippen molar-refractivity contribution in [3.63, 3.8) is 0 Å². The summed E-state index contributed by atoms with van der Waals surface area (Å²) in [4.78, 5) is 13.8. The van der Waals surface area contributed by atoms with Gasteiger partial charge in [0.05, 0.1) is 4.90 Å². The highest BCUT2D eigenvalue weighted by Crippen LogP contribution is 2.28. The summed E-state index contributed by atoms with van der Waals surface area (Å²) < 4.78 is 49.0. The Bertz CT molecular complexity index is 891. The van der Waals surface area contributed by atoms with Crippen LogP contribution in [0.4, 0.5) is 20.2 Å². The molecule has 0 saturated carbocycles. The van der Waals surface area contributed by atoms with E-state index in [9.17, 15) is 22.0 Å². The molecule has 0 spiro atoms. The van der Waals surface area contributed by atoms with Gasteiger partial charge in [0.1, 0.15) is 4.88 Å². The topological polar surface area (TPSA) is 66.5 Å². The van der Waals surface area contributed by atoms with E-state index < -0.39 is 26.4 Å². The Hall–Kier alpha value is -2.00. The summed E-state index contributed by atoms with van der Waals surface area (Å²) in [5.74, 6) is -4.28. The monoisotopic (exact) mass is 400 g/mol. The predicted octanol–water partition coefficient (Wildman–Crippen LogP) is 3.99. The van der Waals surface area contributed by atoms with Crippen LogP contribution in [0.2, 0.25) is 0 Å². The molecule has 2 aromatic rings. The number of thiophene rings is 1. The fourth-order valence-corrected chi connectivity index (χ4v) is 4.97. The van der Waals surface area contributed by atoms with E-state index in [0.717, 1.165) is 49.0 Å². The molecule has 1 aromatic carbocycles. The molecular formula is C17H18F2N2O3S2. The lowest BCUT2D eigenvalue weighted by Crippen LogP contribution is -2.29. The van der Waals surface area contributed by atoms with Crippen LogP contribution in [0, 0.1) is 0 Å². The molecule has 9 heteroatoms. The lowest BCUT2D eigenvalue weighted by molar-refractivity contribution is 0.102. The molecule has 26 heavy (non-hydrogen) atoms. The molecule has 1 fully saturated rings. The summed E-state index contributed by atoms with van der Waals surface area (Å²) in [5.41, 5.74) is 1.46. The predicted molar refractivity (Wildman–Crippen MR) is 98.0 cm³/mol. The number of carbonyl (C=O) groups is 1. The van der Waals surface area contributed by atoms with E-state index in [4.69, 9.17) is 0 Å². The summed E-state index contributed by atoms with van der Waals surface area (Å²) >= 11 is 0.818. The number of carbonyl (C=O) groups excluding carboxylic acids is 1. The molecular weight excluding hydrogens is 382 g/mol. The largest absolute Gasteiger partial charge is 0.371 e. The van der Waals surface area contributed by atoms with Crippen molar-refractivity contribution in [1.29, 1.82) is 0 Å². The first-order valence-corrected chi connectivity index (χ1v) is 10.6. The Labute approximate surface area is 154 Å². The van der Waals surface area contributed by atoms with E-state index in [1.165, 1.54) is 11.8 Å². The summed E-state index contributed by atoms with van der Waals surface area (Å²) in [6.45, 7) is 1.89. The second-order valence-corrected chi connectivity index (χ2v) is 8.77. The summed E-state index contributed by atoms with van der Waals surface area (Å²) in [7, 11) is -4.82. The first-order chi connectivity index (χ1) is 12.4. The Morgan fingerprint density at radius 3 is 2.58 bits per heavy atom. The standard InChI is InChI=1S/C17H18F2N2O3S2/c18-17(19)26(23,24)14-7-10-25-15(14)16(22)20-12-5-4-6-13(11-12)21-8-2-1-3-9-21/h4-7,10-11,17H,1-3,8-9H2,(H,20,22). The van der Waals surface area contributed by atoms with Gasteiger partial charge in [-0.1, -0.05) is 6.07 Å². The van der Waals surface area contributed by atoms with Crippen molar-refractivity contribution >= 4 is 38.5 Å². The van der Waals surface area contributed by atoms with Crippen LogP contribution in [0.5, 0.6) is 0 Å². The molecule has 1 aliphatic heterocycles. The molecule has 3 rings (SSSR count). The number of halogens is 2. The van der Waals surface area contributed by atoms with Gasteiger partial charge < -0.3 is 10.2 Å². The Morgan fingerprint density at radius 1 is 1.15 bits per heavy atom. The van der Waals surface area contributed by atoms with Gasteiger partial charge in [-0.15, -0.1) is 11.3 Å². The fraction of sp³-hybridized carbons (Fsp3) is 0.353. The Kier molecular flexibility index (Phi) is 5.57. The lowest BCUT2D eigenvalue weighted by Gasteiger charge is -2.29. The van der Waals surface area contributed by atoms with Gasteiger partial charge in [0, 0.05) is 24.5 Å². The molecule has 5 nitrogen and oxygen atoms in total. The number of hydrogen-bond donors (Lipinski definition) is 1. The summed E-state index contributed by atoms with van der Waals surface area (Å²) in [5, 5.41) is 3.92. The van der Waals surface area contributed by atoms with Crippen molar-refractivity contribution in [1.82, 2.24) is 0 Å². The van der Waals surface area contributed by atoms with Gasteiger partial charge in [-0.3, -0.25) is 4.79 Å². The van der Waals surface area contributed by atoms with Gasteiger partial charge in [-0.25, -0.2) is 8.42 Å². The molecule has 1 saturated heterocycles. The second kappa shape index (κ2) is 7.71. The highest BCUT2D eigenvalue weighted by Gasteiger charge is 2.32. The molecule has 2 heterocycles. The number of rotatable bonds is 5. The Morgan fingerprint density at radius 2 is 1.88 bits per heavy atom. The lowest BCUT2D eigenvalue weighted by atomic mass is 10.1. The number of piperidine rings is 1. The van der Waals surface area contributed by atoms with E-state index in [-0.39, 0.29) is 4.88 Å². The third kappa shape index (κ3) is 3.88. The number of nitrogens with one attached hydrogen (secondary N) is 1. The fourth-order valence-electron chi connectivity index (χ4n) is 2.90. The van der Waals surface area contributed by atoms with Crippen molar-refractivity contribution in [2.24, 2.45) is 0 Å².